The van der Waals surface area contributed by atoms with Crippen molar-refractivity contribution in [2.45, 2.75) is 46.6 Å². The Balaban J connectivity index is 0. The Kier molecular flexibility index (Phi) is 17.6. The molecule has 0 spiro atoms. The highest BCUT2D eigenvalue weighted by Gasteiger charge is 1.97. The Bertz CT molecular complexity index is 313. The predicted octanol–water partition coefficient (Wildman–Crippen LogP) is 1.58. The molecule has 0 aliphatic carbocycles. The van der Waals surface area contributed by atoms with Crippen LogP contribution in [0.1, 0.15) is 40.0 Å². The summed E-state index contributed by atoms with van der Waals surface area (Å²) in [6, 6.07) is 0. The third kappa shape index (κ3) is 14.2. The Morgan fingerprint density at radius 3 is 2.50 bits per heavy atom. The summed E-state index contributed by atoms with van der Waals surface area (Å²) in [5.74, 6) is 0.151. The average Bonchev–Trinajstić information content (AvgIpc) is 3.00. The molecule has 0 radical (unpaired) electrons. The molecule has 0 bridgehead atoms. The Labute approximate surface area is 122 Å². The molecule has 116 valence electrons. The van der Waals surface area contributed by atoms with Crippen LogP contribution in [0, 0.1) is 0 Å². The van der Waals surface area contributed by atoms with Gasteiger partial charge in [-0.05, 0) is 12.8 Å². The van der Waals surface area contributed by atoms with E-state index in [1.54, 1.807) is 19.6 Å². The highest BCUT2D eigenvalue weighted by atomic mass is 16.1. The first-order valence-electron chi connectivity index (χ1n) is 7.08. The van der Waals surface area contributed by atoms with Gasteiger partial charge in [0, 0.05) is 39.0 Å². The van der Waals surface area contributed by atoms with Crippen LogP contribution in [0.2, 0.25) is 0 Å². The number of nitrogens with zero attached hydrogens (tertiary/aromatic N) is 2. The lowest BCUT2D eigenvalue weighted by atomic mass is 10.3. The van der Waals surface area contributed by atoms with Crippen LogP contribution in [0.3, 0.4) is 0 Å². The minimum atomic E-state index is 0.151. The summed E-state index contributed by atoms with van der Waals surface area (Å²) in [5.41, 5.74) is 0. The number of imidazole rings is 1. The molecular weight excluding hydrogens is 256 g/mol. The molecule has 0 saturated heterocycles. The molecule has 2 N–H and O–H groups in total. The van der Waals surface area contributed by atoms with Crippen molar-refractivity contribution in [1.82, 2.24) is 20.2 Å². The van der Waals surface area contributed by atoms with Gasteiger partial charge in [0.25, 0.3) is 0 Å². The van der Waals surface area contributed by atoms with Gasteiger partial charge in [0.15, 0.2) is 0 Å². The van der Waals surface area contributed by atoms with Gasteiger partial charge in [-0.25, -0.2) is 4.98 Å². The molecule has 1 rings (SSSR count). The van der Waals surface area contributed by atoms with E-state index in [4.69, 9.17) is 4.79 Å². The smallest absolute Gasteiger partial charge is 0.219 e. The van der Waals surface area contributed by atoms with Gasteiger partial charge in [-0.15, -0.1) is 0 Å². The van der Waals surface area contributed by atoms with Crippen molar-refractivity contribution in [3.8, 4) is 0 Å². The first-order valence-corrected chi connectivity index (χ1v) is 7.08. The number of carbonyl (C=O) groups excluding carboxylic acids is 2. The molecule has 6 heteroatoms. The van der Waals surface area contributed by atoms with E-state index in [0.717, 1.165) is 25.9 Å². The molecule has 1 aromatic rings. The number of hydrogen-bond acceptors (Lipinski definition) is 3. The summed E-state index contributed by atoms with van der Waals surface area (Å²) in [7, 11) is 1.56. The minimum Gasteiger partial charge on any atom is -0.362 e. The Morgan fingerprint density at radius 2 is 2.05 bits per heavy atom. The zero-order valence-electron chi connectivity index (χ0n) is 13.1. The molecule has 0 fully saturated rings. The maximum atomic E-state index is 11.1. The van der Waals surface area contributed by atoms with E-state index >= 15 is 0 Å². The number of rotatable bonds is 7. The SMILES string of the molecule is CC.CCCC(=O)NCCCn1ccnc1.CNC=O. The van der Waals surface area contributed by atoms with Crippen molar-refractivity contribution in [2.24, 2.45) is 0 Å². The van der Waals surface area contributed by atoms with E-state index in [9.17, 15) is 4.79 Å². The normalized spacial score (nSPS) is 8.40. The molecule has 6 nitrogen and oxygen atoms in total. The van der Waals surface area contributed by atoms with Crippen LogP contribution in [0.4, 0.5) is 0 Å². The van der Waals surface area contributed by atoms with Gasteiger partial charge in [0.1, 0.15) is 0 Å². The van der Waals surface area contributed by atoms with E-state index in [-0.39, 0.29) is 5.91 Å². The fourth-order valence-electron chi connectivity index (χ4n) is 1.22. The Morgan fingerprint density at radius 1 is 1.40 bits per heavy atom. The third-order valence-electron chi connectivity index (χ3n) is 2.07. The minimum absolute atomic E-state index is 0.151. The lowest BCUT2D eigenvalue weighted by Crippen LogP contribution is -2.24. The molecule has 0 atom stereocenters. The predicted molar refractivity (Wildman–Crippen MR) is 81.2 cm³/mol. The van der Waals surface area contributed by atoms with Crippen LogP contribution >= 0.6 is 0 Å². The number of hydrogen-bond donors (Lipinski definition) is 2. The van der Waals surface area contributed by atoms with Crippen LogP contribution in [-0.2, 0) is 16.1 Å². The summed E-state index contributed by atoms with van der Waals surface area (Å²) in [6.45, 7) is 7.66. The van der Waals surface area contributed by atoms with Gasteiger partial charge in [-0.2, -0.15) is 0 Å². The van der Waals surface area contributed by atoms with Gasteiger partial charge in [0.05, 0.1) is 6.33 Å². The van der Waals surface area contributed by atoms with Gasteiger partial charge < -0.3 is 15.2 Å². The molecule has 0 aliphatic heterocycles. The average molecular weight is 284 g/mol. The van der Waals surface area contributed by atoms with Crippen molar-refractivity contribution in [3.05, 3.63) is 18.7 Å². The molecule has 0 unspecified atom stereocenters. The fourth-order valence-corrected chi connectivity index (χ4v) is 1.22. The third-order valence-corrected chi connectivity index (χ3v) is 2.07. The van der Waals surface area contributed by atoms with Crippen LogP contribution in [0.15, 0.2) is 18.7 Å². The summed E-state index contributed by atoms with van der Waals surface area (Å²) in [5, 5.41) is 5.12. The van der Waals surface area contributed by atoms with Crippen LogP contribution in [0.25, 0.3) is 0 Å². The second kappa shape index (κ2) is 17.2. The molecule has 20 heavy (non-hydrogen) atoms. The number of carbonyl (C=O) groups is 2. The molecule has 0 saturated carbocycles. The second-order valence-electron chi connectivity index (χ2n) is 3.66. The summed E-state index contributed by atoms with van der Waals surface area (Å²) in [4.78, 5) is 24.1. The number of nitrogens with one attached hydrogen (secondary N) is 2. The van der Waals surface area contributed by atoms with E-state index in [1.807, 2.05) is 31.5 Å². The Hall–Kier alpha value is -1.85. The van der Waals surface area contributed by atoms with Crippen molar-refractivity contribution in [1.29, 1.82) is 0 Å². The summed E-state index contributed by atoms with van der Waals surface area (Å²) < 4.78 is 2.01. The maximum Gasteiger partial charge on any atom is 0.219 e. The lowest BCUT2D eigenvalue weighted by molar-refractivity contribution is -0.121. The van der Waals surface area contributed by atoms with Crippen molar-refractivity contribution >= 4 is 12.3 Å². The molecule has 0 aromatic carbocycles. The number of aromatic nitrogens is 2. The molecule has 0 aliphatic rings. The molecule has 1 heterocycles. The standard InChI is InChI=1S/C10H17N3O.C2H5NO.C2H6/c1-2-4-10(14)12-5-3-7-13-8-6-11-9-13;1-3-2-4;1-2/h6,8-9H,2-5,7H2,1H3,(H,12,14);2H,1H3,(H,3,4);1-2H3. The quantitative estimate of drug-likeness (QED) is 0.589. The van der Waals surface area contributed by atoms with Crippen LogP contribution in [-0.4, -0.2) is 35.5 Å². The van der Waals surface area contributed by atoms with E-state index in [1.165, 1.54) is 0 Å². The van der Waals surface area contributed by atoms with Crippen LogP contribution < -0.4 is 10.6 Å². The maximum absolute atomic E-state index is 11.1. The highest BCUT2D eigenvalue weighted by Crippen LogP contribution is 1.90. The highest BCUT2D eigenvalue weighted by molar-refractivity contribution is 5.75. The van der Waals surface area contributed by atoms with Crippen LogP contribution in [0.5, 0.6) is 0 Å². The van der Waals surface area contributed by atoms with E-state index < -0.39 is 0 Å². The van der Waals surface area contributed by atoms with E-state index in [2.05, 4.69) is 15.6 Å². The zero-order chi connectivity index (χ0) is 15.6. The monoisotopic (exact) mass is 284 g/mol. The molecule has 1 aromatic heterocycles. The van der Waals surface area contributed by atoms with Gasteiger partial charge >= 0.3 is 0 Å². The molecule has 2 amide bonds. The van der Waals surface area contributed by atoms with Crippen molar-refractivity contribution in [3.63, 3.8) is 0 Å². The second-order valence-corrected chi connectivity index (χ2v) is 3.66. The summed E-state index contributed by atoms with van der Waals surface area (Å²) in [6.07, 6.45) is 8.58. The zero-order valence-corrected chi connectivity index (χ0v) is 13.1. The van der Waals surface area contributed by atoms with Gasteiger partial charge in [-0.3, -0.25) is 9.59 Å². The van der Waals surface area contributed by atoms with Crippen molar-refractivity contribution in [2.75, 3.05) is 13.6 Å². The topological polar surface area (TPSA) is 76.0 Å². The summed E-state index contributed by atoms with van der Waals surface area (Å²) >= 11 is 0. The first-order chi connectivity index (χ1) is 9.74. The lowest BCUT2D eigenvalue weighted by Gasteiger charge is -2.04. The van der Waals surface area contributed by atoms with Gasteiger partial charge in [0.2, 0.25) is 12.3 Å². The number of amides is 2. The first kappa shape index (κ1) is 20.5. The van der Waals surface area contributed by atoms with Crippen molar-refractivity contribution < 1.29 is 9.59 Å². The number of aryl methyl sites for hydroxylation is 1. The largest absolute Gasteiger partial charge is 0.362 e. The molecular formula is C14H28N4O2. The van der Waals surface area contributed by atoms with Gasteiger partial charge in [-0.1, -0.05) is 20.8 Å². The fraction of sp³-hybridized carbons (Fsp3) is 0.643. The van der Waals surface area contributed by atoms with E-state index in [0.29, 0.717) is 12.8 Å².